The molecule has 0 saturated heterocycles. The number of aromatic amines is 1. The molecule has 4 heterocycles. The van der Waals surface area contributed by atoms with Crippen LogP contribution in [0, 0.1) is 0 Å². The Labute approximate surface area is 233 Å². The van der Waals surface area contributed by atoms with Crippen LogP contribution in [0.15, 0.2) is 54.7 Å². The number of anilines is 2. The lowest BCUT2D eigenvalue weighted by molar-refractivity contribution is 0.101. The van der Waals surface area contributed by atoms with E-state index in [2.05, 4.69) is 30.6 Å². The van der Waals surface area contributed by atoms with Gasteiger partial charge in [0.15, 0.2) is 5.13 Å². The largest absolute Gasteiger partial charge is 0.323 e. The number of pyridine rings is 1. The van der Waals surface area contributed by atoms with E-state index in [-0.39, 0.29) is 23.9 Å². The average Bonchev–Trinajstić information content (AvgIpc) is 3.54. The molecule has 0 spiro atoms. The summed E-state index contributed by atoms with van der Waals surface area (Å²) in [6.45, 7) is 2.48. The maximum Gasteiger partial charge on any atom is 0.276 e. The van der Waals surface area contributed by atoms with Crippen molar-refractivity contribution in [3.8, 4) is 0 Å². The van der Waals surface area contributed by atoms with Crippen molar-refractivity contribution in [2.24, 2.45) is 0 Å². The standard InChI is InChI=1S/C27H25N7O4S2/c1-2-12-40(37,38)34-11-10-19-22(15-34)39-27(30-19)33-24(35)18-8-5-9-20-23(18)31-26(29-20)32-25(36)21-13-16-6-3-4-7-17(16)14-28-21/h3-9,13-14H,2,10-12,15H2,1H3,(H,30,33,35)(H2,29,31,32,36). The van der Waals surface area contributed by atoms with Crippen LogP contribution in [0.5, 0.6) is 0 Å². The van der Waals surface area contributed by atoms with Gasteiger partial charge in [-0.05, 0) is 30.0 Å². The Bertz CT molecular complexity index is 1880. The highest BCUT2D eigenvalue weighted by molar-refractivity contribution is 7.89. The van der Waals surface area contributed by atoms with Gasteiger partial charge in [-0.2, -0.15) is 4.31 Å². The zero-order valence-corrected chi connectivity index (χ0v) is 23.1. The Hall–Kier alpha value is -4.20. The number of benzene rings is 2. The fraction of sp³-hybridized carbons (Fsp3) is 0.222. The number of amides is 2. The summed E-state index contributed by atoms with van der Waals surface area (Å²) >= 11 is 1.27. The molecule has 6 rings (SSSR count). The van der Waals surface area contributed by atoms with Gasteiger partial charge < -0.3 is 4.98 Å². The van der Waals surface area contributed by atoms with E-state index in [1.165, 1.54) is 15.6 Å². The number of carbonyl (C=O) groups excluding carboxylic acids is 2. The van der Waals surface area contributed by atoms with Crippen molar-refractivity contribution in [3.05, 3.63) is 76.6 Å². The summed E-state index contributed by atoms with van der Waals surface area (Å²) < 4.78 is 26.5. The average molecular weight is 576 g/mol. The van der Waals surface area contributed by atoms with E-state index in [1.54, 1.807) is 30.5 Å². The number of carbonyl (C=O) groups is 2. The monoisotopic (exact) mass is 575 g/mol. The van der Waals surface area contributed by atoms with Crippen molar-refractivity contribution >= 4 is 66.1 Å². The number of sulfonamides is 1. The number of fused-ring (bicyclic) bond motifs is 3. The summed E-state index contributed by atoms with van der Waals surface area (Å²) in [6.07, 6.45) is 2.69. The van der Waals surface area contributed by atoms with Gasteiger partial charge in [-0.1, -0.05) is 37.3 Å². The first-order valence-electron chi connectivity index (χ1n) is 12.7. The molecule has 0 aliphatic carbocycles. The summed E-state index contributed by atoms with van der Waals surface area (Å²) in [7, 11) is -3.31. The maximum absolute atomic E-state index is 13.2. The highest BCUT2D eigenvalue weighted by atomic mass is 32.2. The van der Waals surface area contributed by atoms with Gasteiger partial charge in [-0.3, -0.25) is 25.2 Å². The van der Waals surface area contributed by atoms with Crippen LogP contribution in [-0.2, 0) is 23.0 Å². The van der Waals surface area contributed by atoms with Crippen molar-refractivity contribution in [1.82, 2.24) is 24.2 Å². The molecule has 1 aliphatic heterocycles. The molecule has 0 unspecified atom stereocenters. The van der Waals surface area contributed by atoms with Crippen molar-refractivity contribution in [1.29, 1.82) is 0 Å². The minimum Gasteiger partial charge on any atom is -0.323 e. The van der Waals surface area contributed by atoms with Crippen LogP contribution in [0.2, 0.25) is 0 Å². The minimum atomic E-state index is -3.31. The molecule has 3 N–H and O–H groups in total. The summed E-state index contributed by atoms with van der Waals surface area (Å²) in [4.78, 5) is 43.1. The zero-order chi connectivity index (χ0) is 27.9. The van der Waals surface area contributed by atoms with E-state index in [9.17, 15) is 18.0 Å². The van der Waals surface area contributed by atoms with Crippen molar-refractivity contribution < 1.29 is 18.0 Å². The predicted octanol–water partition coefficient (Wildman–Crippen LogP) is 4.17. The second-order valence-electron chi connectivity index (χ2n) is 9.40. The number of rotatable bonds is 7. The third-order valence-corrected chi connectivity index (χ3v) is 9.65. The van der Waals surface area contributed by atoms with E-state index in [1.807, 2.05) is 31.2 Å². The third-order valence-electron chi connectivity index (χ3n) is 6.63. The van der Waals surface area contributed by atoms with Gasteiger partial charge in [0.25, 0.3) is 11.8 Å². The van der Waals surface area contributed by atoms with Gasteiger partial charge in [-0.15, -0.1) is 11.3 Å². The quantitative estimate of drug-likeness (QED) is 0.264. The number of nitrogens with one attached hydrogen (secondary N) is 3. The molecule has 0 fully saturated rings. The lowest BCUT2D eigenvalue weighted by Crippen LogP contribution is -2.36. The summed E-state index contributed by atoms with van der Waals surface area (Å²) in [5.74, 6) is -0.530. The van der Waals surface area contributed by atoms with E-state index >= 15 is 0 Å². The number of hydrogen-bond acceptors (Lipinski definition) is 8. The van der Waals surface area contributed by atoms with E-state index < -0.39 is 21.8 Å². The van der Waals surface area contributed by atoms with Gasteiger partial charge in [0.1, 0.15) is 5.69 Å². The molecule has 13 heteroatoms. The number of thiazole rings is 1. The van der Waals surface area contributed by atoms with Crippen LogP contribution >= 0.6 is 11.3 Å². The molecule has 5 aromatic rings. The molecule has 0 bridgehead atoms. The molecule has 0 atom stereocenters. The lowest BCUT2D eigenvalue weighted by Gasteiger charge is -2.25. The van der Waals surface area contributed by atoms with Crippen LogP contribution in [0.4, 0.5) is 11.1 Å². The number of para-hydroxylation sites is 1. The smallest absolute Gasteiger partial charge is 0.276 e. The fourth-order valence-electron chi connectivity index (χ4n) is 4.67. The van der Waals surface area contributed by atoms with Crippen LogP contribution < -0.4 is 10.6 Å². The Morgan fingerprint density at radius 2 is 1.88 bits per heavy atom. The molecule has 40 heavy (non-hydrogen) atoms. The number of aromatic nitrogens is 4. The molecule has 2 amide bonds. The van der Waals surface area contributed by atoms with E-state index in [0.717, 1.165) is 21.3 Å². The van der Waals surface area contributed by atoms with Gasteiger partial charge in [-0.25, -0.2) is 18.4 Å². The van der Waals surface area contributed by atoms with Crippen molar-refractivity contribution in [3.63, 3.8) is 0 Å². The lowest BCUT2D eigenvalue weighted by atomic mass is 10.1. The first-order chi connectivity index (χ1) is 19.3. The topological polar surface area (TPSA) is 150 Å². The van der Waals surface area contributed by atoms with Crippen molar-refractivity contribution in [2.45, 2.75) is 26.3 Å². The first-order valence-corrected chi connectivity index (χ1v) is 15.2. The van der Waals surface area contributed by atoms with Gasteiger partial charge in [0, 0.05) is 36.0 Å². The normalized spacial score (nSPS) is 13.8. The summed E-state index contributed by atoms with van der Waals surface area (Å²) in [5.41, 5.74) is 2.33. The molecule has 0 radical (unpaired) electrons. The summed E-state index contributed by atoms with van der Waals surface area (Å²) in [5, 5.41) is 7.78. The van der Waals surface area contributed by atoms with Crippen molar-refractivity contribution in [2.75, 3.05) is 22.9 Å². The van der Waals surface area contributed by atoms with Crippen LogP contribution in [0.3, 0.4) is 0 Å². The Balaban J connectivity index is 1.19. The van der Waals surface area contributed by atoms with Crippen LogP contribution in [0.1, 0.15) is 44.8 Å². The molecular weight excluding hydrogens is 550 g/mol. The Morgan fingerprint density at radius 1 is 1.05 bits per heavy atom. The van der Waals surface area contributed by atoms with Crippen LogP contribution in [0.25, 0.3) is 21.8 Å². The molecule has 11 nitrogen and oxygen atoms in total. The first kappa shape index (κ1) is 26.0. The predicted molar refractivity (Wildman–Crippen MR) is 154 cm³/mol. The van der Waals surface area contributed by atoms with Gasteiger partial charge in [0.2, 0.25) is 16.0 Å². The van der Waals surface area contributed by atoms with Gasteiger partial charge >= 0.3 is 0 Å². The molecule has 1 aliphatic rings. The van der Waals surface area contributed by atoms with E-state index in [0.29, 0.717) is 41.1 Å². The number of H-pyrrole nitrogens is 1. The van der Waals surface area contributed by atoms with Gasteiger partial charge in [0.05, 0.1) is 28.0 Å². The zero-order valence-electron chi connectivity index (χ0n) is 21.5. The number of nitrogens with zero attached hydrogens (tertiary/aromatic N) is 4. The fourth-order valence-corrected chi connectivity index (χ4v) is 7.24. The van der Waals surface area contributed by atoms with Crippen LogP contribution in [-0.4, -0.2) is 56.8 Å². The summed E-state index contributed by atoms with van der Waals surface area (Å²) in [6, 6.07) is 14.4. The molecule has 2 aromatic carbocycles. The second-order valence-corrected chi connectivity index (χ2v) is 12.6. The number of imidazole rings is 1. The van der Waals surface area contributed by atoms with E-state index in [4.69, 9.17) is 0 Å². The molecular formula is C27H25N7O4S2. The molecule has 204 valence electrons. The third kappa shape index (κ3) is 5.06. The minimum absolute atomic E-state index is 0.111. The Morgan fingerprint density at radius 3 is 2.70 bits per heavy atom. The highest BCUT2D eigenvalue weighted by Crippen LogP contribution is 2.30. The Kier molecular flexibility index (Phi) is 6.78. The second kappa shape index (κ2) is 10.4. The number of hydrogen-bond donors (Lipinski definition) is 3. The molecule has 3 aromatic heterocycles. The maximum atomic E-state index is 13.2. The molecule has 0 saturated carbocycles. The SMILES string of the molecule is CCCS(=O)(=O)N1CCc2nc(NC(=O)c3cccc4nc(NC(=O)c5cc6ccccc6cn5)[nH]c34)sc2C1. The highest BCUT2D eigenvalue weighted by Gasteiger charge is 2.29.